The lowest BCUT2D eigenvalue weighted by Gasteiger charge is -2.23. The van der Waals surface area contributed by atoms with E-state index in [0.29, 0.717) is 13.0 Å². The van der Waals surface area contributed by atoms with Crippen molar-refractivity contribution in [2.24, 2.45) is 0 Å². The summed E-state index contributed by atoms with van der Waals surface area (Å²) < 4.78 is 5.54. The van der Waals surface area contributed by atoms with Gasteiger partial charge in [0.25, 0.3) is 0 Å². The molecule has 2 rings (SSSR count). The van der Waals surface area contributed by atoms with Gasteiger partial charge in [-0.3, -0.25) is 4.79 Å². The number of hydrogen-bond donors (Lipinski definition) is 2. The van der Waals surface area contributed by atoms with Crippen molar-refractivity contribution in [2.45, 2.75) is 33.3 Å². The van der Waals surface area contributed by atoms with Crippen molar-refractivity contribution in [3.05, 3.63) is 28.8 Å². The molecular formula is C15H22N2O2. The van der Waals surface area contributed by atoms with Gasteiger partial charge >= 0.3 is 0 Å². The van der Waals surface area contributed by atoms with Crippen LogP contribution < -0.4 is 10.6 Å². The summed E-state index contributed by atoms with van der Waals surface area (Å²) in [5.41, 5.74) is 4.43. The van der Waals surface area contributed by atoms with Gasteiger partial charge in [0.05, 0.1) is 19.1 Å². The largest absolute Gasteiger partial charge is 0.375 e. The zero-order valence-electron chi connectivity index (χ0n) is 11.9. The van der Waals surface area contributed by atoms with Gasteiger partial charge in [-0.05, 0) is 43.5 Å². The van der Waals surface area contributed by atoms with Crippen molar-refractivity contribution in [3.63, 3.8) is 0 Å². The van der Waals surface area contributed by atoms with Crippen LogP contribution in [0.2, 0.25) is 0 Å². The molecule has 4 nitrogen and oxygen atoms in total. The lowest BCUT2D eigenvalue weighted by atomic mass is 10.0. The second kappa shape index (κ2) is 6.17. The highest BCUT2D eigenvalue weighted by Gasteiger charge is 2.17. The van der Waals surface area contributed by atoms with Gasteiger partial charge in [-0.25, -0.2) is 0 Å². The highest BCUT2D eigenvalue weighted by Crippen LogP contribution is 2.20. The molecule has 0 radical (unpaired) electrons. The Kier molecular flexibility index (Phi) is 4.56. The molecule has 1 unspecified atom stereocenters. The molecular weight excluding hydrogens is 240 g/mol. The predicted octanol–water partition coefficient (Wildman–Crippen LogP) is 1.93. The fourth-order valence-electron chi connectivity index (χ4n) is 2.25. The smallest absolute Gasteiger partial charge is 0.227 e. The van der Waals surface area contributed by atoms with Crippen molar-refractivity contribution in [2.75, 3.05) is 25.0 Å². The lowest BCUT2D eigenvalue weighted by molar-refractivity contribution is -0.119. The molecule has 1 fully saturated rings. The van der Waals surface area contributed by atoms with Crippen LogP contribution in [-0.2, 0) is 9.53 Å². The summed E-state index contributed by atoms with van der Waals surface area (Å²) in [6.07, 6.45) is 0.389. The van der Waals surface area contributed by atoms with Gasteiger partial charge in [0.1, 0.15) is 0 Å². The standard InChI is InChI=1S/C15H22N2O2/c1-10-6-12(3)14(7-11(10)2)17-15(18)8-13-9-16-4-5-19-13/h6-7,13,16H,4-5,8-9H2,1-3H3,(H,17,18). The van der Waals surface area contributed by atoms with E-state index in [2.05, 4.69) is 30.5 Å². The molecule has 0 saturated carbocycles. The van der Waals surface area contributed by atoms with Gasteiger partial charge in [-0.2, -0.15) is 0 Å². The van der Waals surface area contributed by atoms with Gasteiger partial charge in [0.15, 0.2) is 0 Å². The SMILES string of the molecule is Cc1cc(C)c(NC(=O)CC2CNCCO2)cc1C. The van der Waals surface area contributed by atoms with Crippen molar-refractivity contribution in [1.29, 1.82) is 0 Å². The number of benzene rings is 1. The normalized spacial score (nSPS) is 19.2. The van der Waals surface area contributed by atoms with Crippen molar-refractivity contribution in [3.8, 4) is 0 Å². The summed E-state index contributed by atoms with van der Waals surface area (Å²) in [5.74, 6) is 0.0139. The second-order valence-electron chi connectivity index (χ2n) is 5.20. The number of anilines is 1. The van der Waals surface area contributed by atoms with Crippen LogP contribution in [0.25, 0.3) is 0 Å². The van der Waals surface area contributed by atoms with Crippen LogP contribution in [0.4, 0.5) is 5.69 Å². The third kappa shape index (κ3) is 3.78. The quantitative estimate of drug-likeness (QED) is 0.875. The van der Waals surface area contributed by atoms with E-state index in [1.165, 1.54) is 11.1 Å². The first kappa shape index (κ1) is 14.0. The fourth-order valence-corrected chi connectivity index (χ4v) is 2.25. The Morgan fingerprint density at radius 3 is 2.74 bits per heavy atom. The Bertz CT molecular complexity index is 465. The van der Waals surface area contributed by atoms with E-state index in [0.717, 1.165) is 24.3 Å². The van der Waals surface area contributed by atoms with Gasteiger partial charge in [-0.1, -0.05) is 6.07 Å². The number of nitrogens with one attached hydrogen (secondary N) is 2. The number of aryl methyl sites for hydroxylation is 3. The van der Waals surface area contributed by atoms with E-state index in [1.807, 2.05) is 13.0 Å². The number of ether oxygens (including phenoxy) is 1. The Morgan fingerprint density at radius 1 is 1.32 bits per heavy atom. The van der Waals surface area contributed by atoms with Gasteiger partial charge in [0, 0.05) is 18.8 Å². The molecule has 1 aliphatic rings. The maximum absolute atomic E-state index is 12.0. The van der Waals surface area contributed by atoms with Crippen LogP contribution in [-0.4, -0.2) is 31.7 Å². The van der Waals surface area contributed by atoms with Gasteiger partial charge < -0.3 is 15.4 Å². The fraction of sp³-hybridized carbons (Fsp3) is 0.533. The average molecular weight is 262 g/mol. The number of carbonyl (C=O) groups is 1. The number of amides is 1. The Morgan fingerprint density at radius 2 is 2.05 bits per heavy atom. The third-order valence-electron chi connectivity index (χ3n) is 3.53. The minimum absolute atomic E-state index is 0.0133. The summed E-state index contributed by atoms with van der Waals surface area (Å²) in [6, 6.07) is 4.13. The minimum atomic E-state index is -0.0133. The number of hydrogen-bond acceptors (Lipinski definition) is 3. The summed E-state index contributed by atoms with van der Waals surface area (Å²) >= 11 is 0. The second-order valence-corrected chi connectivity index (χ2v) is 5.20. The molecule has 0 aliphatic carbocycles. The molecule has 2 N–H and O–H groups in total. The van der Waals surface area contributed by atoms with Crippen LogP contribution >= 0.6 is 0 Å². The number of rotatable bonds is 3. The van der Waals surface area contributed by atoms with Crippen molar-refractivity contribution in [1.82, 2.24) is 5.32 Å². The first-order valence-electron chi connectivity index (χ1n) is 6.76. The Labute approximate surface area is 114 Å². The molecule has 4 heteroatoms. The Balaban J connectivity index is 1.96. The molecule has 1 aromatic rings. The molecule has 1 saturated heterocycles. The molecule has 0 aromatic heterocycles. The first-order valence-corrected chi connectivity index (χ1v) is 6.76. The van der Waals surface area contributed by atoms with Crippen LogP contribution in [0.3, 0.4) is 0 Å². The van der Waals surface area contributed by atoms with Crippen molar-refractivity contribution >= 4 is 11.6 Å². The van der Waals surface area contributed by atoms with Crippen molar-refractivity contribution < 1.29 is 9.53 Å². The average Bonchev–Trinajstić information content (AvgIpc) is 2.37. The highest BCUT2D eigenvalue weighted by atomic mass is 16.5. The predicted molar refractivity (Wildman–Crippen MR) is 76.5 cm³/mol. The topological polar surface area (TPSA) is 50.4 Å². The molecule has 0 bridgehead atoms. The summed E-state index contributed by atoms with van der Waals surface area (Å²) in [4.78, 5) is 12.0. The zero-order valence-corrected chi connectivity index (χ0v) is 11.9. The van der Waals surface area contributed by atoms with Gasteiger partial charge in [-0.15, -0.1) is 0 Å². The van der Waals surface area contributed by atoms with E-state index in [1.54, 1.807) is 0 Å². The number of morpholine rings is 1. The van der Waals surface area contributed by atoms with E-state index in [9.17, 15) is 4.79 Å². The van der Waals surface area contributed by atoms with Crippen LogP contribution in [0, 0.1) is 20.8 Å². The lowest BCUT2D eigenvalue weighted by Crippen LogP contribution is -2.40. The molecule has 1 aromatic carbocycles. The number of carbonyl (C=O) groups excluding carboxylic acids is 1. The zero-order chi connectivity index (χ0) is 13.8. The molecule has 0 spiro atoms. The summed E-state index contributed by atoms with van der Waals surface area (Å²) in [5, 5.41) is 6.21. The van der Waals surface area contributed by atoms with E-state index >= 15 is 0 Å². The monoisotopic (exact) mass is 262 g/mol. The maximum atomic E-state index is 12.0. The third-order valence-corrected chi connectivity index (χ3v) is 3.53. The van der Waals surface area contributed by atoms with Crippen LogP contribution in [0.15, 0.2) is 12.1 Å². The first-order chi connectivity index (χ1) is 9.06. The molecule has 104 valence electrons. The van der Waals surface area contributed by atoms with Crippen LogP contribution in [0.1, 0.15) is 23.1 Å². The summed E-state index contributed by atoms with van der Waals surface area (Å²) in [7, 11) is 0. The summed E-state index contributed by atoms with van der Waals surface area (Å²) in [6.45, 7) is 8.45. The van der Waals surface area contributed by atoms with E-state index in [4.69, 9.17) is 4.74 Å². The molecule has 1 atom stereocenters. The molecule has 19 heavy (non-hydrogen) atoms. The molecule has 1 aliphatic heterocycles. The van der Waals surface area contributed by atoms with Crippen LogP contribution in [0.5, 0.6) is 0 Å². The van der Waals surface area contributed by atoms with Gasteiger partial charge in [0.2, 0.25) is 5.91 Å². The minimum Gasteiger partial charge on any atom is -0.375 e. The Hall–Kier alpha value is -1.39. The molecule has 1 amide bonds. The maximum Gasteiger partial charge on any atom is 0.227 e. The van der Waals surface area contributed by atoms with E-state index < -0.39 is 0 Å². The highest BCUT2D eigenvalue weighted by molar-refractivity contribution is 5.92. The molecule has 1 heterocycles. The van der Waals surface area contributed by atoms with E-state index in [-0.39, 0.29) is 12.0 Å².